The Kier molecular flexibility index (Phi) is 4.00. The normalized spacial score (nSPS) is 24.9. The van der Waals surface area contributed by atoms with Gasteiger partial charge >= 0.3 is 0 Å². The average molecular weight is 217 g/mol. The van der Waals surface area contributed by atoms with Crippen LogP contribution in [-0.2, 0) is 6.54 Å². The zero-order valence-electron chi connectivity index (χ0n) is 10.5. The summed E-state index contributed by atoms with van der Waals surface area (Å²) in [5.74, 6) is 0.906. The molecule has 0 bridgehead atoms. The van der Waals surface area contributed by atoms with Gasteiger partial charge in [0.15, 0.2) is 0 Å². The van der Waals surface area contributed by atoms with Crippen molar-refractivity contribution in [2.24, 2.45) is 5.92 Å². The van der Waals surface area contributed by atoms with Gasteiger partial charge in [0.2, 0.25) is 0 Å². The van der Waals surface area contributed by atoms with E-state index in [9.17, 15) is 0 Å². The Hall–Kier alpha value is -0.820. The van der Waals surface area contributed by atoms with Crippen molar-refractivity contribution in [2.75, 3.05) is 0 Å². The molecule has 1 nitrogen and oxygen atoms in total. The van der Waals surface area contributed by atoms with Crippen molar-refractivity contribution in [3.8, 4) is 0 Å². The van der Waals surface area contributed by atoms with E-state index >= 15 is 0 Å². The summed E-state index contributed by atoms with van der Waals surface area (Å²) in [5, 5.41) is 3.74. The zero-order chi connectivity index (χ0) is 11.4. The lowest BCUT2D eigenvalue weighted by Gasteiger charge is -2.20. The largest absolute Gasteiger partial charge is 0.310 e. The van der Waals surface area contributed by atoms with Crippen LogP contribution in [0, 0.1) is 12.8 Å². The Labute approximate surface area is 99.3 Å². The number of benzene rings is 1. The zero-order valence-corrected chi connectivity index (χ0v) is 10.5. The molecule has 1 fully saturated rings. The van der Waals surface area contributed by atoms with E-state index in [1.807, 2.05) is 0 Å². The topological polar surface area (TPSA) is 12.0 Å². The highest BCUT2D eigenvalue weighted by Crippen LogP contribution is 2.28. The smallest absolute Gasteiger partial charge is 0.0210 e. The van der Waals surface area contributed by atoms with Crippen LogP contribution in [0.25, 0.3) is 0 Å². The van der Waals surface area contributed by atoms with Crippen LogP contribution in [-0.4, -0.2) is 6.04 Å². The first-order valence-corrected chi connectivity index (χ1v) is 6.59. The van der Waals surface area contributed by atoms with Gasteiger partial charge in [0, 0.05) is 12.6 Å². The number of nitrogens with one attached hydrogen (secondary N) is 1. The molecule has 1 N–H and O–H groups in total. The highest BCUT2D eigenvalue weighted by molar-refractivity contribution is 5.25. The molecular formula is C15H23N. The molecule has 1 aromatic rings. The van der Waals surface area contributed by atoms with E-state index < -0.39 is 0 Å². The lowest BCUT2D eigenvalue weighted by molar-refractivity contribution is 0.389. The molecule has 0 aliphatic heterocycles. The molecule has 2 unspecified atom stereocenters. The molecule has 1 saturated carbocycles. The maximum Gasteiger partial charge on any atom is 0.0210 e. The summed E-state index contributed by atoms with van der Waals surface area (Å²) in [6, 6.07) is 9.44. The fourth-order valence-electron chi connectivity index (χ4n) is 2.84. The van der Waals surface area contributed by atoms with Crippen LogP contribution >= 0.6 is 0 Å². The molecule has 0 aromatic heterocycles. The van der Waals surface area contributed by atoms with Crippen molar-refractivity contribution in [2.45, 2.75) is 52.1 Å². The first-order chi connectivity index (χ1) is 7.81. The highest BCUT2D eigenvalue weighted by Gasteiger charge is 2.24. The van der Waals surface area contributed by atoms with Gasteiger partial charge in [-0.05, 0) is 36.8 Å². The van der Waals surface area contributed by atoms with Gasteiger partial charge < -0.3 is 5.32 Å². The van der Waals surface area contributed by atoms with E-state index in [0.717, 1.165) is 18.5 Å². The first kappa shape index (κ1) is 11.7. The summed E-state index contributed by atoms with van der Waals surface area (Å²) in [5.41, 5.74) is 2.85. The van der Waals surface area contributed by atoms with Crippen LogP contribution in [0.2, 0.25) is 0 Å². The van der Waals surface area contributed by atoms with Gasteiger partial charge in [-0.15, -0.1) is 0 Å². The third-order valence-electron chi connectivity index (χ3n) is 4.00. The minimum Gasteiger partial charge on any atom is -0.310 e. The van der Waals surface area contributed by atoms with E-state index in [1.54, 1.807) is 0 Å². The van der Waals surface area contributed by atoms with Gasteiger partial charge in [0.05, 0.1) is 0 Å². The van der Waals surface area contributed by atoms with Crippen LogP contribution in [0.5, 0.6) is 0 Å². The minimum atomic E-state index is 0.754. The fraction of sp³-hybridized carbons (Fsp3) is 0.600. The molecule has 0 amide bonds. The average Bonchev–Trinajstić information content (AvgIpc) is 2.75. The number of rotatable bonds is 4. The summed E-state index contributed by atoms with van der Waals surface area (Å²) in [6.45, 7) is 5.55. The van der Waals surface area contributed by atoms with Gasteiger partial charge in [-0.2, -0.15) is 0 Å². The Balaban J connectivity index is 1.90. The van der Waals surface area contributed by atoms with Crippen molar-refractivity contribution in [1.82, 2.24) is 5.32 Å². The Bertz CT molecular complexity index is 332. The molecular weight excluding hydrogens is 194 g/mol. The summed E-state index contributed by atoms with van der Waals surface area (Å²) in [4.78, 5) is 0. The third-order valence-corrected chi connectivity index (χ3v) is 4.00. The predicted octanol–water partition coefficient (Wildman–Crippen LogP) is 3.66. The van der Waals surface area contributed by atoms with Gasteiger partial charge in [-0.3, -0.25) is 0 Å². The quantitative estimate of drug-likeness (QED) is 0.811. The second-order valence-electron chi connectivity index (χ2n) is 5.01. The van der Waals surface area contributed by atoms with E-state index in [-0.39, 0.29) is 0 Å². The molecule has 1 aromatic carbocycles. The summed E-state index contributed by atoms with van der Waals surface area (Å²) >= 11 is 0. The molecule has 0 heterocycles. The van der Waals surface area contributed by atoms with Crippen molar-refractivity contribution < 1.29 is 0 Å². The van der Waals surface area contributed by atoms with Crippen molar-refractivity contribution >= 4 is 0 Å². The summed E-state index contributed by atoms with van der Waals surface area (Å²) in [6.07, 6.45) is 5.52. The fourth-order valence-corrected chi connectivity index (χ4v) is 2.84. The Morgan fingerprint density at radius 3 is 2.81 bits per heavy atom. The molecule has 2 atom stereocenters. The minimum absolute atomic E-state index is 0.754. The van der Waals surface area contributed by atoms with Crippen LogP contribution < -0.4 is 5.32 Å². The lowest BCUT2D eigenvalue weighted by atomic mass is 10.00. The van der Waals surface area contributed by atoms with Crippen molar-refractivity contribution in [3.05, 3.63) is 35.4 Å². The maximum atomic E-state index is 3.74. The van der Waals surface area contributed by atoms with Crippen molar-refractivity contribution in [3.63, 3.8) is 0 Å². The Morgan fingerprint density at radius 1 is 1.25 bits per heavy atom. The second kappa shape index (κ2) is 5.49. The van der Waals surface area contributed by atoms with Crippen LogP contribution in [0.1, 0.15) is 43.7 Å². The number of aryl methyl sites for hydroxylation is 1. The number of hydrogen-bond donors (Lipinski definition) is 1. The molecule has 1 heteroatoms. The highest BCUT2D eigenvalue weighted by atomic mass is 14.9. The predicted molar refractivity (Wildman–Crippen MR) is 69.4 cm³/mol. The molecule has 1 aliphatic rings. The van der Waals surface area contributed by atoms with Gasteiger partial charge in [-0.1, -0.05) is 44.0 Å². The van der Waals surface area contributed by atoms with Crippen molar-refractivity contribution in [1.29, 1.82) is 0 Å². The monoisotopic (exact) mass is 217 g/mol. The number of hydrogen-bond acceptors (Lipinski definition) is 1. The van der Waals surface area contributed by atoms with Gasteiger partial charge in [0.1, 0.15) is 0 Å². The molecule has 16 heavy (non-hydrogen) atoms. The molecule has 0 saturated heterocycles. The molecule has 0 spiro atoms. The third kappa shape index (κ3) is 2.65. The van der Waals surface area contributed by atoms with Gasteiger partial charge in [0.25, 0.3) is 0 Å². The standard InChI is InChI=1S/C15H23N/c1-3-13-9-6-10-15(13)16-11-14-8-5-4-7-12(14)2/h4-5,7-8,13,15-16H,3,6,9-11H2,1-2H3. The SMILES string of the molecule is CCC1CCCC1NCc1ccccc1C. The van der Waals surface area contributed by atoms with Gasteiger partial charge in [-0.25, -0.2) is 0 Å². The van der Waals surface area contributed by atoms with E-state index in [4.69, 9.17) is 0 Å². The molecule has 88 valence electrons. The lowest BCUT2D eigenvalue weighted by Crippen LogP contribution is -2.31. The van der Waals surface area contributed by atoms with E-state index in [0.29, 0.717) is 0 Å². The molecule has 2 rings (SSSR count). The van der Waals surface area contributed by atoms with Crippen LogP contribution in [0.15, 0.2) is 24.3 Å². The molecule has 1 aliphatic carbocycles. The summed E-state index contributed by atoms with van der Waals surface area (Å²) in [7, 11) is 0. The molecule has 0 radical (unpaired) electrons. The van der Waals surface area contributed by atoms with Crippen LogP contribution in [0.3, 0.4) is 0 Å². The van der Waals surface area contributed by atoms with E-state index in [1.165, 1.54) is 36.8 Å². The Morgan fingerprint density at radius 2 is 2.06 bits per heavy atom. The first-order valence-electron chi connectivity index (χ1n) is 6.59. The maximum absolute atomic E-state index is 3.74. The summed E-state index contributed by atoms with van der Waals surface area (Å²) < 4.78 is 0. The second-order valence-corrected chi connectivity index (χ2v) is 5.01. The van der Waals surface area contributed by atoms with Crippen LogP contribution in [0.4, 0.5) is 0 Å². The van der Waals surface area contributed by atoms with E-state index in [2.05, 4.69) is 43.4 Å².